The summed E-state index contributed by atoms with van der Waals surface area (Å²) in [4.78, 5) is 15.3. The van der Waals surface area contributed by atoms with Crippen LogP contribution < -0.4 is 5.73 Å². The monoisotopic (exact) mass is 457 g/mol. The van der Waals surface area contributed by atoms with Crippen LogP contribution in [-0.2, 0) is 19.6 Å². The number of nitrogens with zero attached hydrogens (tertiary/aromatic N) is 2. The van der Waals surface area contributed by atoms with Gasteiger partial charge in [0.05, 0.1) is 24.0 Å². The van der Waals surface area contributed by atoms with E-state index in [0.717, 1.165) is 11.1 Å². The smallest absolute Gasteiger partial charge is 0.243 e. The second-order valence-corrected chi connectivity index (χ2v) is 10.6. The number of hydrogen-bond donors (Lipinski definition) is 1. The summed E-state index contributed by atoms with van der Waals surface area (Å²) in [6, 6.07) is 16.4. The molecule has 8 heteroatoms. The Labute approximate surface area is 190 Å². The minimum Gasteiger partial charge on any atom is -0.378 e. The van der Waals surface area contributed by atoms with Crippen molar-refractivity contribution < 1.29 is 17.9 Å². The summed E-state index contributed by atoms with van der Waals surface area (Å²) in [6.07, 6.45) is 0.631. The molecule has 7 nitrogen and oxygen atoms in total. The third-order valence-electron chi connectivity index (χ3n) is 6.38. The van der Waals surface area contributed by atoms with Gasteiger partial charge in [0.25, 0.3) is 0 Å². The van der Waals surface area contributed by atoms with Gasteiger partial charge in [0.15, 0.2) is 0 Å². The van der Waals surface area contributed by atoms with Gasteiger partial charge in [-0.2, -0.15) is 4.31 Å². The predicted octanol–water partition coefficient (Wildman–Crippen LogP) is 2.36. The standard InChI is InChI=1S/C24H31N3O4S/c1-18(25)20-8-5-9-23(15-20)32(29,30)27-16-21(19-6-3-2-4-7-19)14-22(17-27)24(28)26-10-12-31-13-11-26/h2-9,15,18,21-22H,10-14,16-17,25H2,1H3/t18?,21-,22+/m1/s1. The van der Waals surface area contributed by atoms with Gasteiger partial charge in [-0.3, -0.25) is 4.79 Å². The molecule has 2 aliphatic heterocycles. The molecule has 2 N–H and O–H groups in total. The van der Waals surface area contributed by atoms with Gasteiger partial charge in [0.2, 0.25) is 15.9 Å². The quantitative estimate of drug-likeness (QED) is 0.744. The minimum absolute atomic E-state index is 0.0125. The van der Waals surface area contributed by atoms with E-state index >= 15 is 0 Å². The van der Waals surface area contributed by atoms with Crippen LogP contribution in [0.3, 0.4) is 0 Å². The lowest BCUT2D eigenvalue weighted by Crippen LogP contribution is -2.51. The van der Waals surface area contributed by atoms with Gasteiger partial charge >= 0.3 is 0 Å². The number of morpholine rings is 1. The van der Waals surface area contributed by atoms with Gasteiger partial charge in [-0.05, 0) is 42.5 Å². The van der Waals surface area contributed by atoms with Gasteiger partial charge in [-0.25, -0.2) is 8.42 Å². The lowest BCUT2D eigenvalue weighted by molar-refractivity contribution is -0.141. The maximum Gasteiger partial charge on any atom is 0.243 e. The zero-order chi connectivity index (χ0) is 22.7. The van der Waals surface area contributed by atoms with Crippen molar-refractivity contribution in [1.82, 2.24) is 9.21 Å². The van der Waals surface area contributed by atoms with Crippen molar-refractivity contribution in [2.24, 2.45) is 11.7 Å². The average molecular weight is 458 g/mol. The van der Waals surface area contributed by atoms with Gasteiger partial charge < -0.3 is 15.4 Å². The number of amides is 1. The molecule has 0 aliphatic carbocycles. The number of rotatable bonds is 5. The van der Waals surface area contributed by atoms with Crippen LogP contribution in [-0.4, -0.2) is 62.9 Å². The summed E-state index contributed by atoms with van der Waals surface area (Å²) in [5.74, 6) is -0.428. The van der Waals surface area contributed by atoms with E-state index in [1.54, 1.807) is 18.2 Å². The van der Waals surface area contributed by atoms with E-state index in [9.17, 15) is 13.2 Å². The first kappa shape index (κ1) is 22.9. The highest BCUT2D eigenvalue weighted by atomic mass is 32.2. The van der Waals surface area contributed by atoms with E-state index < -0.39 is 15.9 Å². The first-order chi connectivity index (χ1) is 15.4. The van der Waals surface area contributed by atoms with Crippen LogP contribution in [0, 0.1) is 5.92 Å². The molecule has 1 unspecified atom stereocenters. The molecule has 32 heavy (non-hydrogen) atoms. The van der Waals surface area contributed by atoms with Crippen molar-refractivity contribution in [2.45, 2.75) is 30.2 Å². The molecule has 2 aromatic carbocycles. The van der Waals surface area contributed by atoms with E-state index in [2.05, 4.69) is 0 Å². The summed E-state index contributed by atoms with van der Waals surface area (Å²) in [6.45, 7) is 4.50. The zero-order valence-electron chi connectivity index (χ0n) is 18.4. The topological polar surface area (TPSA) is 92.9 Å². The first-order valence-corrected chi connectivity index (χ1v) is 12.6. The number of carbonyl (C=O) groups excluding carboxylic acids is 1. The fourth-order valence-corrected chi connectivity index (χ4v) is 6.14. The Kier molecular flexibility index (Phi) is 6.95. The SMILES string of the molecule is CC(N)c1cccc(S(=O)(=O)N2C[C@@H](C(=O)N3CCOCC3)C[C@@H](c3ccccc3)C2)c1. The molecule has 2 heterocycles. The van der Waals surface area contributed by atoms with Crippen LogP contribution in [0.4, 0.5) is 0 Å². The molecule has 2 aromatic rings. The number of piperidine rings is 1. The van der Waals surface area contributed by atoms with E-state index in [1.165, 1.54) is 4.31 Å². The van der Waals surface area contributed by atoms with Crippen LogP contribution in [0.2, 0.25) is 0 Å². The molecule has 0 spiro atoms. The van der Waals surface area contributed by atoms with E-state index in [1.807, 2.05) is 48.2 Å². The summed E-state index contributed by atoms with van der Waals surface area (Å²) in [7, 11) is -3.77. The molecule has 4 rings (SSSR count). The molecule has 2 saturated heterocycles. The van der Waals surface area contributed by atoms with Gasteiger partial charge in [0.1, 0.15) is 0 Å². The Morgan fingerprint density at radius 2 is 1.78 bits per heavy atom. The normalized spacial score (nSPS) is 23.6. The number of benzene rings is 2. The molecule has 1 amide bonds. The lowest BCUT2D eigenvalue weighted by atomic mass is 9.85. The molecule has 0 radical (unpaired) electrons. The van der Waals surface area contributed by atoms with Crippen LogP contribution in [0.25, 0.3) is 0 Å². The highest BCUT2D eigenvalue weighted by Gasteiger charge is 2.39. The molecule has 3 atom stereocenters. The van der Waals surface area contributed by atoms with E-state index in [-0.39, 0.29) is 29.3 Å². The van der Waals surface area contributed by atoms with E-state index in [4.69, 9.17) is 10.5 Å². The Bertz CT molecular complexity index is 1040. The van der Waals surface area contributed by atoms with Crippen LogP contribution in [0.5, 0.6) is 0 Å². The minimum atomic E-state index is -3.77. The summed E-state index contributed by atoms with van der Waals surface area (Å²) in [5.41, 5.74) is 7.80. The highest BCUT2D eigenvalue weighted by Crippen LogP contribution is 2.34. The van der Waals surface area contributed by atoms with Crippen LogP contribution in [0.15, 0.2) is 59.5 Å². The Morgan fingerprint density at radius 3 is 2.47 bits per heavy atom. The molecule has 2 fully saturated rings. The second-order valence-electron chi connectivity index (χ2n) is 8.66. The number of ether oxygens (including phenoxy) is 1. The third-order valence-corrected chi connectivity index (χ3v) is 8.21. The molecular formula is C24H31N3O4S. The maximum absolute atomic E-state index is 13.6. The predicted molar refractivity (Wildman–Crippen MR) is 122 cm³/mol. The highest BCUT2D eigenvalue weighted by molar-refractivity contribution is 7.89. The van der Waals surface area contributed by atoms with Gasteiger partial charge in [0, 0.05) is 32.2 Å². The van der Waals surface area contributed by atoms with Crippen molar-refractivity contribution in [3.8, 4) is 0 Å². The molecular weight excluding hydrogens is 426 g/mol. The Hall–Kier alpha value is -2.26. The third kappa shape index (κ3) is 4.88. The van der Waals surface area contributed by atoms with Gasteiger partial charge in [-0.1, -0.05) is 42.5 Å². The van der Waals surface area contributed by atoms with Crippen molar-refractivity contribution in [1.29, 1.82) is 0 Å². The van der Waals surface area contributed by atoms with Crippen LogP contribution >= 0.6 is 0 Å². The number of carbonyl (C=O) groups is 1. The molecule has 0 saturated carbocycles. The number of hydrogen-bond acceptors (Lipinski definition) is 5. The number of sulfonamides is 1. The van der Waals surface area contributed by atoms with Crippen LogP contribution in [0.1, 0.15) is 36.4 Å². The number of nitrogens with two attached hydrogens (primary N) is 1. The first-order valence-electron chi connectivity index (χ1n) is 11.1. The Balaban J connectivity index is 1.65. The summed E-state index contributed by atoms with van der Waals surface area (Å²) in [5, 5.41) is 0. The van der Waals surface area contributed by atoms with Gasteiger partial charge in [-0.15, -0.1) is 0 Å². The van der Waals surface area contributed by atoms with Crippen molar-refractivity contribution in [3.63, 3.8) is 0 Å². The maximum atomic E-state index is 13.6. The fourth-order valence-electron chi connectivity index (χ4n) is 4.55. The van der Waals surface area contributed by atoms with Crippen molar-refractivity contribution in [3.05, 3.63) is 65.7 Å². The Morgan fingerprint density at radius 1 is 1.06 bits per heavy atom. The van der Waals surface area contributed by atoms with Crippen molar-refractivity contribution >= 4 is 15.9 Å². The summed E-state index contributed by atoms with van der Waals surface area (Å²) >= 11 is 0. The zero-order valence-corrected chi connectivity index (χ0v) is 19.2. The van der Waals surface area contributed by atoms with Crippen molar-refractivity contribution in [2.75, 3.05) is 39.4 Å². The molecule has 172 valence electrons. The lowest BCUT2D eigenvalue weighted by Gasteiger charge is -2.39. The average Bonchev–Trinajstić information content (AvgIpc) is 2.84. The molecule has 2 aliphatic rings. The molecule has 0 bridgehead atoms. The fraction of sp³-hybridized carbons (Fsp3) is 0.458. The van der Waals surface area contributed by atoms with E-state index in [0.29, 0.717) is 39.3 Å². The summed E-state index contributed by atoms with van der Waals surface area (Å²) < 4.78 is 34.1. The largest absolute Gasteiger partial charge is 0.378 e. The molecule has 0 aromatic heterocycles. The second kappa shape index (κ2) is 9.70.